The van der Waals surface area contributed by atoms with E-state index in [9.17, 15) is 4.79 Å². The molecular weight excluding hydrogens is 299 g/mol. The molecule has 0 aliphatic rings. The number of nitrogens with one attached hydrogen (secondary N) is 1. The average Bonchev–Trinajstić information content (AvgIpc) is 2.38. The van der Waals surface area contributed by atoms with E-state index in [0.29, 0.717) is 27.7 Å². The molecule has 20 heavy (non-hydrogen) atoms. The Morgan fingerprint density at radius 2 is 1.95 bits per heavy atom. The van der Waals surface area contributed by atoms with E-state index in [2.05, 4.69) is 5.32 Å². The van der Waals surface area contributed by atoms with Crippen LogP contribution >= 0.6 is 23.2 Å². The van der Waals surface area contributed by atoms with Gasteiger partial charge in [0.15, 0.2) is 0 Å². The van der Waals surface area contributed by atoms with Gasteiger partial charge in [0, 0.05) is 10.7 Å². The fraction of sp³-hybridized carbons (Fsp3) is 0.0714. The molecule has 1 amide bonds. The number of carbonyl (C=O) groups is 1. The summed E-state index contributed by atoms with van der Waals surface area (Å²) < 4.78 is 5.16. The molecule has 0 radical (unpaired) electrons. The number of rotatable bonds is 3. The molecule has 0 saturated carbocycles. The normalized spacial score (nSPS) is 10.2. The lowest BCUT2D eigenvalue weighted by Gasteiger charge is -2.11. The standard InChI is InChI=1S/C14H12Cl2N2O2/c1-20-13-5-3-9(17)7-12(13)18-14(19)10-4-2-8(15)6-11(10)16/h2-7H,17H2,1H3,(H,18,19). The quantitative estimate of drug-likeness (QED) is 0.847. The highest BCUT2D eigenvalue weighted by Crippen LogP contribution is 2.28. The van der Waals surface area contributed by atoms with Crippen molar-refractivity contribution in [2.24, 2.45) is 0 Å². The van der Waals surface area contributed by atoms with Crippen molar-refractivity contribution in [3.63, 3.8) is 0 Å². The number of amides is 1. The van der Waals surface area contributed by atoms with Gasteiger partial charge in [0.25, 0.3) is 5.91 Å². The second-order valence-corrected chi connectivity index (χ2v) is 4.88. The van der Waals surface area contributed by atoms with Gasteiger partial charge in [-0.3, -0.25) is 4.79 Å². The highest BCUT2D eigenvalue weighted by Gasteiger charge is 2.13. The van der Waals surface area contributed by atoms with Crippen molar-refractivity contribution in [3.05, 3.63) is 52.0 Å². The predicted octanol–water partition coefficient (Wildman–Crippen LogP) is 3.84. The molecule has 0 saturated heterocycles. The summed E-state index contributed by atoms with van der Waals surface area (Å²) in [6.45, 7) is 0. The molecule has 2 aromatic carbocycles. The van der Waals surface area contributed by atoms with E-state index in [1.54, 1.807) is 30.3 Å². The average molecular weight is 311 g/mol. The van der Waals surface area contributed by atoms with Crippen LogP contribution in [0.2, 0.25) is 10.0 Å². The van der Waals surface area contributed by atoms with Gasteiger partial charge in [0.2, 0.25) is 0 Å². The Bertz CT molecular complexity index is 660. The number of hydrogen-bond donors (Lipinski definition) is 2. The molecule has 0 aliphatic heterocycles. The molecule has 0 spiro atoms. The first kappa shape index (κ1) is 14.5. The van der Waals surface area contributed by atoms with Crippen LogP contribution in [0, 0.1) is 0 Å². The molecule has 0 aromatic heterocycles. The first-order valence-electron chi connectivity index (χ1n) is 5.71. The van der Waals surface area contributed by atoms with Gasteiger partial charge in [0.1, 0.15) is 5.75 Å². The zero-order valence-corrected chi connectivity index (χ0v) is 12.1. The van der Waals surface area contributed by atoms with Crippen LogP contribution in [0.4, 0.5) is 11.4 Å². The summed E-state index contributed by atoms with van der Waals surface area (Å²) in [5.74, 6) is 0.146. The van der Waals surface area contributed by atoms with E-state index in [1.165, 1.54) is 13.2 Å². The van der Waals surface area contributed by atoms with Gasteiger partial charge >= 0.3 is 0 Å². The van der Waals surface area contributed by atoms with Gasteiger partial charge < -0.3 is 15.8 Å². The van der Waals surface area contributed by atoms with Gasteiger partial charge in [-0.2, -0.15) is 0 Å². The lowest BCUT2D eigenvalue weighted by molar-refractivity contribution is 0.102. The molecule has 0 heterocycles. The minimum atomic E-state index is -0.365. The van der Waals surface area contributed by atoms with Gasteiger partial charge in [0.05, 0.1) is 23.4 Å². The number of ether oxygens (including phenoxy) is 1. The summed E-state index contributed by atoms with van der Waals surface area (Å²) in [4.78, 5) is 12.2. The summed E-state index contributed by atoms with van der Waals surface area (Å²) in [6.07, 6.45) is 0. The number of nitrogens with two attached hydrogens (primary N) is 1. The monoisotopic (exact) mass is 310 g/mol. The lowest BCUT2D eigenvalue weighted by Crippen LogP contribution is -2.13. The number of hydrogen-bond acceptors (Lipinski definition) is 3. The minimum absolute atomic E-state index is 0.276. The zero-order chi connectivity index (χ0) is 14.7. The van der Waals surface area contributed by atoms with E-state index in [1.807, 2.05) is 0 Å². The van der Waals surface area contributed by atoms with Crippen molar-refractivity contribution in [2.45, 2.75) is 0 Å². The van der Waals surface area contributed by atoms with Crippen molar-refractivity contribution >= 4 is 40.5 Å². The second kappa shape index (κ2) is 6.03. The number of anilines is 2. The summed E-state index contributed by atoms with van der Waals surface area (Å²) in [5.41, 5.74) is 7.01. The van der Waals surface area contributed by atoms with Crippen molar-refractivity contribution in [1.82, 2.24) is 0 Å². The largest absolute Gasteiger partial charge is 0.495 e. The zero-order valence-electron chi connectivity index (χ0n) is 10.6. The van der Waals surface area contributed by atoms with Crippen molar-refractivity contribution in [1.29, 1.82) is 0 Å². The Balaban J connectivity index is 2.30. The van der Waals surface area contributed by atoms with E-state index < -0.39 is 0 Å². The Hall–Kier alpha value is -1.91. The summed E-state index contributed by atoms with van der Waals surface area (Å²) in [7, 11) is 1.51. The van der Waals surface area contributed by atoms with Gasteiger partial charge in [-0.05, 0) is 36.4 Å². The van der Waals surface area contributed by atoms with Crippen molar-refractivity contribution in [3.8, 4) is 5.75 Å². The SMILES string of the molecule is COc1ccc(N)cc1NC(=O)c1ccc(Cl)cc1Cl. The van der Waals surface area contributed by atoms with Gasteiger partial charge in [-0.15, -0.1) is 0 Å². The molecule has 0 aliphatic carbocycles. The summed E-state index contributed by atoms with van der Waals surface area (Å²) in [6, 6.07) is 9.63. The molecule has 3 N–H and O–H groups in total. The lowest BCUT2D eigenvalue weighted by atomic mass is 10.2. The molecular formula is C14H12Cl2N2O2. The van der Waals surface area contributed by atoms with E-state index >= 15 is 0 Å². The molecule has 0 unspecified atom stereocenters. The minimum Gasteiger partial charge on any atom is -0.495 e. The molecule has 2 aromatic rings. The van der Waals surface area contributed by atoms with Crippen LogP contribution in [0.15, 0.2) is 36.4 Å². The predicted molar refractivity (Wildman–Crippen MR) is 81.8 cm³/mol. The number of carbonyl (C=O) groups excluding carboxylic acids is 1. The van der Waals surface area contributed by atoms with E-state index in [4.69, 9.17) is 33.7 Å². The highest BCUT2D eigenvalue weighted by molar-refractivity contribution is 6.37. The molecule has 2 rings (SSSR count). The van der Waals surface area contributed by atoms with E-state index in [-0.39, 0.29) is 10.9 Å². The maximum absolute atomic E-state index is 12.2. The number of methoxy groups -OCH3 is 1. The van der Waals surface area contributed by atoms with Crippen molar-refractivity contribution < 1.29 is 9.53 Å². The Kier molecular flexibility index (Phi) is 4.37. The van der Waals surface area contributed by atoms with Crippen LogP contribution in [-0.2, 0) is 0 Å². The summed E-state index contributed by atoms with van der Waals surface area (Å²) >= 11 is 11.8. The molecule has 0 bridgehead atoms. The number of nitrogen functional groups attached to an aromatic ring is 1. The fourth-order valence-corrected chi connectivity index (χ4v) is 2.18. The Labute approximate surface area is 126 Å². The first-order valence-corrected chi connectivity index (χ1v) is 6.47. The highest BCUT2D eigenvalue weighted by atomic mass is 35.5. The van der Waals surface area contributed by atoms with Crippen LogP contribution in [-0.4, -0.2) is 13.0 Å². The molecule has 4 nitrogen and oxygen atoms in total. The molecule has 6 heteroatoms. The van der Waals surface area contributed by atoms with Crippen LogP contribution in [0.5, 0.6) is 5.75 Å². The number of benzene rings is 2. The molecule has 0 fully saturated rings. The smallest absolute Gasteiger partial charge is 0.257 e. The second-order valence-electron chi connectivity index (χ2n) is 4.04. The topological polar surface area (TPSA) is 64.3 Å². The van der Waals surface area contributed by atoms with E-state index in [0.717, 1.165) is 0 Å². The molecule has 104 valence electrons. The Morgan fingerprint density at radius 1 is 1.20 bits per heavy atom. The van der Waals surface area contributed by atoms with Crippen LogP contribution in [0.1, 0.15) is 10.4 Å². The maximum atomic E-state index is 12.2. The maximum Gasteiger partial charge on any atom is 0.257 e. The first-order chi connectivity index (χ1) is 9.51. The van der Waals surface area contributed by atoms with Gasteiger partial charge in [-0.25, -0.2) is 0 Å². The fourth-order valence-electron chi connectivity index (χ4n) is 1.69. The Morgan fingerprint density at radius 3 is 2.60 bits per heavy atom. The number of halogens is 2. The summed E-state index contributed by atoms with van der Waals surface area (Å²) in [5, 5.41) is 3.45. The third-order valence-corrected chi connectivity index (χ3v) is 3.20. The van der Waals surface area contributed by atoms with Crippen LogP contribution in [0.3, 0.4) is 0 Å². The van der Waals surface area contributed by atoms with Crippen LogP contribution in [0.25, 0.3) is 0 Å². The van der Waals surface area contributed by atoms with Gasteiger partial charge in [-0.1, -0.05) is 23.2 Å². The van der Waals surface area contributed by atoms with Crippen LogP contribution < -0.4 is 15.8 Å². The third-order valence-electron chi connectivity index (χ3n) is 2.65. The molecule has 0 atom stereocenters. The third kappa shape index (κ3) is 3.15. The van der Waals surface area contributed by atoms with Crippen molar-refractivity contribution in [2.75, 3.05) is 18.2 Å².